The van der Waals surface area contributed by atoms with Gasteiger partial charge in [-0.15, -0.1) is 0 Å². The topological polar surface area (TPSA) is 44.4 Å². The first-order valence-corrected chi connectivity index (χ1v) is 9.54. The molecule has 1 aromatic rings. The number of carbonyl (C=O) groups is 1. The minimum atomic E-state index is 0.0999. The number of carbonyl (C=O) groups excluding carboxylic acids is 1. The van der Waals surface area contributed by atoms with Crippen LogP contribution >= 0.6 is 0 Å². The van der Waals surface area contributed by atoms with Crippen LogP contribution in [0.4, 0.5) is 5.69 Å². The third kappa shape index (κ3) is 4.58. The Morgan fingerprint density at radius 1 is 1.17 bits per heavy atom. The molecule has 0 bridgehead atoms. The first-order valence-electron chi connectivity index (χ1n) is 9.54. The number of hydrogen-bond donors (Lipinski definition) is 2. The van der Waals surface area contributed by atoms with Gasteiger partial charge < -0.3 is 10.6 Å². The molecule has 4 heteroatoms. The van der Waals surface area contributed by atoms with E-state index in [2.05, 4.69) is 34.7 Å². The predicted octanol–water partition coefficient (Wildman–Crippen LogP) is 3.39. The number of piperidine rings is 1. The second-order valence-corrected chi connectivity index (χ2v) is 7.40. The van der Waals surface area contributed by atoms with Crippen LogP contribution in [0.15, 0.2) is 24.3 Å². The Bertz CT molecular complexity index is 533. The standard InChI is InChI=1S/C20H31N3O/c1-23(18-10-3-2-4-11-18)15-17-8-5-6-12-19(17)22-20(24)16-9-7-13-21-14-16/h5-6,8,12,16,18,21H,2-4,7,9-11,13-15H2,1H3,(H,22,24). The molecule has 2 N–H and O–H groups in total. The van der Waals surface area contributed by atoms with Gasteiger partial charge >= 0.3 is 0 Å². The van der Waals surface area contributed by atoms with Gasteiger partial charge in [-0.25, -0.2) is 0 Å². The molecule has 24 heavy (non-hydrogen) atoms. The molecular weight excluding hydrogens is 298 g/mol. The first-order chi connectivity index (χ1) is 11.7. The summed E-state index contributed by atoms with van der Waals surface area (Å²) >= 11 is 0. The molecule has 1 aromatic carbocycles. The molecule has 0 spiro atoms. The summed E-state index contributed by atoms with van der Waals surface area (Å²) in [6, 6.07) is 8.96. The number of anilines is 1. The fraction of sp³-hybridized carbons (Fsp3) is 0.650. The highest BCUT2D eigenvalue weighted by Gasteiger charge is 2.22. The van der Waals surface area contributed by atoms with E-state index in [0.29, 0.717) is 6.04 Å². The highest BCUT2D eigenvalue weighted by molar-refractivity contribution is 5.93. The second-order valence-electron chi connectivity index (χ2n) is 7.40. The molecule has 1 saturated heterocycles. The van der Waals surface area contributed by atoms with Gasteiger partial charge in [0, 0.05) is 24.8 Å². The Hall–Kier alpha value is -1.39. The van der Waals surface area contributed by atoms with Gasteiger partial charge in [-0.3, -0.25) is 9.69 Å². The van der Waals surface area contributed by atoms with E-state index in [4.69, 9.17) is 0 Å². The first kappa shape index (κ1) is 17.4. The lowest BCUT2D eigenvalue weighted by atomic mass is 9.94. The van der Waals surface area contributed by atoms with Gasteiger partial charge in [0.05, 0.1) is 5.92 Å². The zero-order chi connectivity index (χ0) is 16.8. The highest BCUT2D eigenvalue weighted by Crippen LogP contribution is 2.25. The molecule has 3 rings (SSSR count). The van der Waals surface area contributed by atoms with Gasteiger partial charge in [-0.2, -0.15) is 0 Å². The lowest BCUT2D eigenvalue weighted by Crippen LogP contribution is -2.37. The zero-order valence-electron chi connectivity index (χ0n) is 14.9. The van der Waals surface area contributed by atoms with Gasteiger partial charge in [0.15, 0.2) is 0 Å². The fourth-order valence-electron chi connectivity index (χ4n) is 4.01. The summed E-state index contributed by atoms with van der Waals surface area (Å²) < 4.78 is 0. The number of rotatable bonds is 5. The summed E-state index contributed by atoms with van der Waals surface area (Å²) in [6.07, 6.45) is 8.77. The molecule has 1 unspecified atom stereocenters. The van der Waals surface area contributed by atoms with Crippen LogP contribution in [-0.4, -0.2) is 37.0 Å². The van der Waals surface area contributed by atoms with Crippen LogP contribution in [-0.2, 0) is 11.3 Å². The normalized spacial score (nSPS) is 22.5. The Kier molecular flexibility index (Phi) is 6.27. The third-order valence-corrected chi connectivity index (χ3v) is 5.56. The van der Waals surface area contributed by atoms with Crippen molar-refractivity contribution in [1.82, 2.24) is 10.2 Å². The lowest BCUT2D eigenvalue weighted by Gasteiger charge is -2.31. The molecule has 0 aromatic heterocycles. The van der Waals surface area contributed by atoms with Crippen LogP contribution in [0.25, 0.3) is 0 Å². The van der Waals surface area contributed by atoms with E-state index in [9.17, 15) is 4.79 Å². The van der Waals surface area contributed by atoms with Crippen molar-refractivity contribution in [2.45, 2.75) is 57.5 Å². The number of benzene rings is 1. The van der Waals surface area contributed by atoms with E-state index < -0.39 is 0 Å². The number of amides is 1. The Balaban J connectivity index is 1.62. The summed E-state index contributed by atoms with van der Waals surface area (Å²) in [7, 11) is 2.22. The number of nitrogens with zero attached hydrogens (tertiary/aromatic N) is 1. The maximum atomic E-state index is 12.5. The third-order valence-electron chi connectivity index (χ3n) is 5.56. The molecular formula is C20H31N3O. The van der Waals surface area contributed by atoms with Crippen molar-refractivity contribution in [3.63, 3.8) is 0 Å². The van der Waals surface area contributed by atoms with Crippen LogP contribution in [0.5, 0.6) is 0 Å². The van der Waals surface area contributed by atoms with Crippen molar-refractivity contribution < 1.29 is 4.79 Å². The summed E-state index contributed by atoms with van der Waals surface area (Å²) in [5, 5.41) is 6.51. The largest absolute Gasteiger partial charge is 0.326 e. The maximum Gasteiger partial charge on any atom is 0.228 e. The van der Waals surface area contributed by atoms with Crippen LogP contribution in [0.3, 0.4) is 0 Å². The van der Waals surface area contributed by atoms with Crippen molar-refractivity contribution >= 4 is 11.6 Å². The monoisotopic (exact) mass is 329 g/mol. The van der Waals surface area contributed by atoms with Gasteiger partial charge in [0.2, 0.25) is 5.91 Å². The van der Waals surface area contributed by atoms with Crippen molar-refractivity contribution in [2.24, 2.45) is 5.92 Å². The number of hydrogen-bond acceptors (Lipinski definition) is 3. The van der Waals surface area contributed by atoms with E-state index in [1.807, 2.05) is 12.1 Å². The quantitative estimate of drug-likeness (QED) is 0.870. The molecule has 1 amide bonds. The van der Waals surface area contributed by atoms with E-state index in [0.717, 1.165) is 38.2 Å². The molecule has 1 aliphatic heterocycles. The molecule has 0 radical (unpaired) electrons. The summed E-state index contributed by atoms with van der Waals surface area (Å²) in [5.74, 6) is 0.262. The number of nitrogens with one attached hydrogen (secondary N) is 2. The predicted molar refractivity (Wildman–Crippen MR) is 99.0 cm³/mol. The summed E-state index contributed by atoms with van der Waals surface area (Å²) in [4.78, 5) is 15.0. The van der Waals surface area contributed by atoms with E-state index >= 15 is 0 Å². The second kappa shape index (κ2) is 8.63. The number of para-hydroxylation sites is 1. The summed E-state index contributed by atoms with van der Waals surface area (Å²) in [5.41, 5.74) is 2.21. The molecule has 132 valence electrons. The Labute approximate surface area is 146 Å². The van der Waals surface area contributed by atoms with Crippen molar-refractivity contribution in [3.8, 4) is 0 Å². The fourth-order valence-corrected chi connectivity index (χ4v) is 4.01. The van der Waals surface area contributed by atoms with Crippen molar-refractivity contribution in [3.05, 3.63) is 29.8 Å². The highest BCUT2D eigenvalue weighted by atomic mass is 16.1. The molecule has 1 aliphatic carbocycles. The van der Waals surface area contributed by atoms with E-state index in [1.165, 1.54) is 37.7 Å². The zero-order valence-corrected chi connectivity index (χ0v) is 14.9. The average Bonchev–Trinajstić information content (AvgIpc) is 2.64. The van der Waals surface area contributed by atoms with Gasteiger partial charge in [0.25, 0.3) is 0 Å². The van der Waals surface area contributed by atoms with Crippen LogP contribution < -0.4 is 10.6 Å². The molecule has 1 heterocycles. The smallest absolute Gasteiger partial charge is 0.228 e. The average molecular weight is 329 g/mol. The molecule has 1 saturated carbocycles. The minimum absolute atomic E-state index is 0.0999. The molecule has 2 fully saturated rings. The molecule has 4 nitrogen and oxygen atoms in total. The maximum absolute atomic E-state index is 12.5. The van der Waals surface area contributed by atoms with Crippen molar-refractivity contribution in [2.75, 3.05) is 25.5 Å². The minimum Gasteiger partial charge on any atom is -0.326 e. The van der Waals surface area contributed by atoms with Gasteiger partial charge in [-0.05, 0) is 50.9 Å². The Morgan fingerprint density at radius 3 is 2.71 bits per heavy atom. The van der Waals surface area contributed by atoms with Crippen molar-refractivity contribution in [1.29, 1.82) is 0 Å². The Morgan fingerprint density at radius 2 is 1.96 bits per heavy atom. The van der Waals surface area contributed by atoms with E-state index in [-0.39, 0.29) is 11.8 Å². The lowest BCUT2D eigenvalue weighted by molar-refractivity contribution is -0.120. The van der Waals surface area contributed by atoms with Gasteiger partial charge in [-0.1, -0.05) is 37.5 Å². The SMILES string of the molecule is CN(Cc1ccccc1NC(=O)C1CCCNC1)C1CCCCC1. The van der Waals surface area contributed by atoms with Crippen LogP contribution in [0.1, 0.15) is 50.5 Å². The van der Waals surface area contributed by atoms with E-state index in [1.54, 1.807) is 0 Å². The molecule has 2 aliphatic rings. The molecule has 1 atom stereocenters. The van der Waals surface area contributed by atoms with Crippen LogP contribution in [0, 0.1) is 5.92 Å². The summed E-state index contributed by atoms with van der Waals surface area (Å²) in [6.45, 7) is 2.74. The van der Waals surface area contributed by atoms with Gasteiger partial charge in [0.1, 0.15) is 0 Å². The van der Waals surface area contributed by atoms with Crippen LogP contribution in [0.2, 0.25) is 0 Å².